The maximum Gasteiger partial charge on any atom is 0.267 e. The van der Waals surface area contributed by atoms with Crippen LogP contribution in [-0.4, -0.2) is 29.6 Å². The van der Waals surface area contributed by atoms with Crippen LogP contribution in [0, 0.1) is 11.3 Å². The van der Waals surface area contributed by atoms with E-state index >= 15 is 0 Å². The molecule has 9 nitrogen and oxygen atoms in total. The number of benzene rings is 2. The summed E-state index contributed by atoms with van der Waals surface area (Å²) in [5.74, 6) is -0.521. The van der Waals surface area contributed by atoms with E-state index in [1.807, 2.05) is 0 Å². The molecule has 4 aromatic rings. The molecule has 0 unspecified atom stereocenters. The first-order chi connectivity index (χ1) is 15.9. The second-order valence-corrected chi connectivity index (χ2v) is 9.04. The Morgan fingerprint density at radius 3 is 2.73 bits per heavy atom. The summed E-state index contributed by atoms with van der Waals surface area (Å²) in [4.78, 5) is 18.1. The molecule has 2 aromatic carbocycles. The Morgan fingerprint density at radius 2 is 1.91 bits per heavy atom. The van der Waals surface area contributed by atoms with E-state index in [4.69, 9.17) is 0 Å². The number of amidine groups is 1. The Kier molecular flexibility index (Phi) is 4.87. The average molecular weight is 459 g/mol. The van der Waals surface area contributed by atoms with Crippen molar-refractivity contribution < 1.29 is 14.2 Å². The summed E-state index contributed by atoms with van der Waals surface area (Å²) in [6.07, 6.45) is 1.51. The standard InChI is InChI=1S/C23H17N5O4S/c24-12-14-5-3-6-15(11-14)13-28-22-16(7-4-10-25-22)20(29)19(23(28)30)21-26-17-8-1-2-9-18(17)33(31,32)27-21/h1-11,29,31-32H,13H2,(H,26,27). The van der Waals surface area contributed by atoms with Crippen LogP contribution >= 0.6 is 10.8 Å². The van der Waals surface area contributed by atoms with Crippen molar-refractivity contribution in [1.29, 1.82) is 5.26 Å². The summed E-state index contributed by atoms with van der Waals surface area (Å²) >= 11 is 0. The molecule has 33 heavy (non-hydrogen) atoms. The Bertz CT molecular complexity index is 1560. The molecule has 4 N–H and O–H groups in total. The third-order valence-electron chi connectivity index (χ3n) is 5.28. The normalized spacial score (nSPS) is 15.1. The molecule has 0 saturated carbocycles. The lowest BCUT2D eigenvalue weighted by molar-refractivity contribution is 0.477. The van der Waals surface area contributed by atoms with Crippen molar-refractivity contribution in [3.8, 4) is 11.8 Å². The van der Waals surface area contributed by atoms with Crippen LogP contribution in [0.2, 0.25) is 0 Å². The van der Waals surface area contributed by atoms with Crippen molar-refractivity contribution in [2.45, 2.75) is 11.4 Å². The highest BCUT2D eigenvalue weighted by molar-refractivity contribution is 8.23. The third-order valence-corrected chi connectivity index (χ3v) is 6.66. The topological polar surface area (TPSA) is 144 Å². The van der Waals surface area contributed by atoms with Crippen LogP contribution in [0.3, 0.4) is 0 Å². The molecule has 2 aromatic heterocycles. The lowest BCUT2D eigenvalue weighted by Crippen LogP contribution is -2.32. The Labute approximate surface area is 189 Å². The molecule has 10 heteroatoms. The van der Waals surface area contributed by atoms with Gasteiger partial charge in [0, 0.05) is 6.20 Å². The second-order valence-electron chi connectivity index (χ2n) is 7.38. The first kappa shape index (κ1) is 20.7. The van der Waals surface area contributed by atoms with Crippen LogP contribution in [0.25, 0.3) is 11.0 Å². The number of rotatable bonds is 3. The van der Waals surface area contributed by atoms with Crippen LogP contribution in [0.5, 0.6) is 5.75 Å². The number of hydrogen-bond acceptors (Lipinski definition) is 8. The van der Waals surface area contributed by atoms with E-state index in [9.17, 15) is 24.3 Å². The zero-order valence-corrected chi connectivity index (χ0v) is 17.8. The molecule has 164 valence electrons. The number of nitrogens with zero attached hydrogens (tertiary/aromatic N) is 4. The minimum absolute atomic E-state index is 0.0786. The van der Waals surface area contributed by atoms with Gasteiger partial charge in [0.25, 0.3) is 5.56 Å². The van der Waals surface area contributed by atoms with Crippen LogP contribution < -0.4 is 10.9 Å². The zero-order chi connectivity index (χ0) is 23.2. The summed E-state index contributed by atoms with van der Waals surface area (Å²) in [5, 5.41) is 23.4. The third kappa shape index (κ3) is 3.50. The molecule has 5 rings (SSSR count). The van der Waals surface area contributed by atoms with Crippen LogP contribution in [0.15, 0.2) is 80.9 Å². The highest BCUT2D eigenvalue weighted by Crippen LogP contribution is 2.55. The van der Waals surface area contributed by atoms with Crippen molar-refractivity contribution in [3.63, 3.8) is 0 Å². The van der Waals surface area contributed by atoms with Crippen molar-refractivity contribution in [1.82, 2.24) is 9.55 Å². The fraction of sp³-hybridized carbons (Fsp3) is 0.0435. The summed E-state index contributed by atoms with van der Waals surface area (Å²) in [7, 11) is -3.59. The van der Waals surface area contributed by atoms with E-state index in [0.29, 0.717) is 22.2 Å². The number of aromatic hydroxyl groups is 1. The van der Waals surface area contributed by atoms with Gasteiger partial charge in [-0.25, -0.2) is 4.98 Å². The number of hydrogen-bond donors (Lipinski definition) is 4. The van der Waals surface area contributed by atoms with E-state index < -0.39 is 16.3 Å². The Hall–Kier alpha value is -4.17. The molecule has 0 saturated heterocycles. The SMILES string of the molecule is N#Cc1cccc(Cn2c(=O)c(C3=NS(O)(O)c4ccccc4N3)c(O)c3cccnc32)c1. The molecule has 1 aliphatic rings. The number of para-hydroxylation sites is 1. The molecule has 3 heterocycles. The van der Waals surface area contributed by atoms with Gasteiger partial charge in [0.15, 0.2) is 5.84 Å². The van der Waals surface area contributed by atoms with Crippen molar-refractivity contribution in [3.05, 3.63) is 93.9 Å². The number of fused-ring (bicyclic) bond motifs is 2. The van der Waals surface area contributed by atoms with E-state index in [1.165, 1.54) is 16.8 Å². The highest BCUT2D eigenvalue weighted by atomic mass is 32.3. The molecule has 0 amide bonds. The van der Waals surface area contributed by atoms with Gasteiger partial charge in [-0.15, -0.1) is 4.40 Å². The van der Waals surface area contributed by atoms with Crippen LogP contribution in [0.1, 0.15) is 16.7 Å². The molecular weight excluding hydrogens is 442 g/mol. The summed E-state index contributed by atoms with van der Waals surface area (Å²) in [5.41, 5.74) is 0.923. The van der Waals surface area contributed by atoms with Gasteiger partial charge >= 0.3 is 0 Å². The second kappa shape index (κ2) is 7.75. The summed E-state index contributed by atoms with van der Waals surface area (Å²) in [6.45, 7) is 0.0786. The van der Waals surface area contributed by atoms with Gasteiger partial charge in [-0.2, -0.15) is 5.26 Å². The Balaban J connectivity index is 1.74. The average Bonchev–Trinajstić information content (AvgIpc) is 2.82. The van der Waals surface area contributed by atoms with Crippen molar-refractivity contribution >= 4 is 33.3 Å². The summed E-state index contributed by atoms with van der Waals surface area (Å²) < 4.78 is 26.5. The first-order valence-corrected chi connectivity index (χ1v) is 11.3. The number of pyridine rings is 2. The predicted molar refractivity (Wildman–Crippen MR) is 126 cm³/mol. The number of anilines is 1. The molecule has 0 spiro atoms. The fourth-order valence-corrected chi connectivity index (χ4v) is 4.95. The predicted octanol–water partition coefficient (Wildman–Crippen LogP) is 3.92. The summed E-state index contributed by atoms with van der Waals surface area (Å²) in [6, 6.07) is 18.6. The Morgan fingerprint density at radius 1 is 1.09 bits per heavy atom. The number of nitrogens with one attached hydrogen (secondary N) is 1. The molecular formula is C23H17N5O4S. The van der Waals surface area contributed by atoms with Gasteiger partial charge < -0.3 is 10.4 Å². The quantitative estimate of drug-likeness (QED) is 0.363. The van der Waals surface area contributed by atoms with Gasteiger partial charge in [-0.05, 0) is 42.0 Å². The molecule has 0 radical (unpaired) electrons. The lowest BCUT2D eigenvalue weighted by Gasteiger charge is -2.34. The minimum Gasteiger partial charge on any atom is -0.506 e. The van der Waals surface area contributed by atoms with Crippen LogP contribution in [-0.2, 0) is 6.54 Å². The van der Waals surface area contributed by atoms with E-state index in [1.54, 1.807) is 54.6 Å². The van der Waals surface area contributed by atoms with Gasteiger partial charge in [-0.1, -0.05) is 35.0 Å². The molecule has 0 atom stereocenters. The molecule has 0 bridgehead atoms. The molecule has 1 aliphatic heterocycles. The maximum absolute atomic E-state index is 13.6. The van der Waals surface area contributed by atoms with Crippen molar-refractivity contribution in [2.24, 2.45) is 4.40 Å². The van der Waals surface area contributed by atoms with E-state index in [-0.39, 0.29) is 34.2 Å². The smallest absolute Gasteiger partial charge is 0.267 e. The number of aromatic nitrogens is 2. The van der Waals surface area contributed by atoms with Gasteiger partial charge in [0.2, 0.25) is 0 Å². The van der Waals surface area contributed by atoms with Gasteiger partial charge in [-0.3, -0.25) is 18.5 Å². The highest BCUT2D eigenvalue weighted by Gasteiger charge is 2.30. The van der Waals surface area contributed by atoms with Gasteiger partial charge in [0.05, 0.1) is 29.3 Å². The van der Waals surface area contributed by atoms with E-state index in [2.05, 4.69) is 20.8 Å². The maximum atomic E-state index is 13.6. The lowest BCUT2D eigenvalue weighted by atomic mass is 10.1. The molecule has 0 aliphatic carbocycles. The minimum atomic E-state index is -3.59. The van der Waals surface area contributed by atoms with Crippen LogP contribution in [0.4, 0.5) is 5.69 Å². The fourth-order valence-electron chi connectivity index (χ4n) is 3.79. The zero-order valence-electron chi connectivity index (χ0n) is 17.0. The van der Waals surface area contributed by atoms with E-state index in [0.717, 1.165) is 0 Å². The van der Waals surface area contributed by atoms with Crippen molar-refractivity contribution in [2.75, 3.05) is 5.32 Å². The molecule has 0 fully saturated rings. The number of nitriles is 1. The monoisotopic (exact) mass is 459 g/mol. The first-order valence-electron chi connectivity index (χ1n) is 9.83. The largest absolute Gasteiger partial charge is 0.506 e. The van der Waals surface area contributed by atoms with Gasteiger partial charge in [0.1, 0.15) is 21.9 Å².